The molecule has 2 aromatic heterocycles. The van der Waals surface area contributed by atoms with Crippen molar-refractivity contribution in [3.63, 3.8) is 0 Å². The normalized spacial score (nSPS) is 12.8. The number of nitrogens with zero attached hydrogens (tertiary/aromatic N) is 3. The van der Waals surface area contributed by atoms with Gasteiger partial charge in [-0.2, -0.15) is 0 Å². The van der Waals surface area contributed by atoms with Gasteiger partial charge in [0.2, 0.25) is 0 Å². The number of rotatable bonds is 7. The quantitative estimate of drug-likeness (QED) is 0.836. The van der Waals surface area contributed by atoms with E-state index in [2.05, 4.69) is 39.9 Å². The van der Waals surface area contributed by atoms with Gasteiger partial charge in [-0.05, 0) is 13.0 Å². The molecule has 0 saturated heterocycles. The molecular formula is C13H20N4S. The van der Waals surface area contributed by atoms with Crippen molar-refractivity contribution in [3.8, 4) is 0 Å². The summed E-state index contributed by atoms with van der Waals surface area (Å²) in [4.78, 5) is 9.92. The zero-order chi connectivity index (χ0) is 12.8. The van der Waals surface area contributed by atoms with E-state index in [1.54, 1.807) is 11.3 Å². The highest BCUT2D eigenvalue weighted by Crippen LogP contribution is 2.21. The first-order chi connectivity index (χ1) is 8.85. The smallest absolute Gasteiger partial charge is 0.110 e. The van der Waals surface area contributed by atoms with Crippen molar-refractivity contribution in [3.05, 3.63) is 34.8 Å². The molecule has 0 aromatic carbocycles. The molecule has 0 radical (unpaired) electrons. The van der Waals surface area contributed by atoms with Gasteiger partial charge in [0.25, 0.3) is 0 Å². The second-order valence-electron chi connectivity index (χ2n) is 4.26. The van der Waals surface area contributed by atoms with Crippen LogP contribution in [0.1, 0.15) is 37.0 Å². The summed E-state index contributed by atoms with van der Waals surface area (Å²) in [5.41, 5.74) is 1.89. The number of hydrogen-bond acceptors (Lipinski definition) is 4. The number of aryl methyl sites for hydroxylation is 1. The number of hydrogen-bond donors (Lipinski definition) is 1. The number of nitrogens with one attached hydrogen (secondary N) is 1. The molecule has 1 N–H and O–H groups in total. The predicted octanol–water partition coefficient (Wildman–Crippen LogP) is 2.64. The molecule has 1 atom stereocenters. The lowest BCUT2D eigenvalue weighted by molar-refractivity contribution is 0.522. The van der Waals surface area contributed by atoms with Crippen LogP contribution in [0.4, 0.5) is 0 Å². The molecule has 0 amide bonds. The molecular weight excluding hydrogens is 244 g/mol. The minimum atomic E-state index is 0.320. The molecule has 0 aliphatic carbocycles. The zero-order valence-corrected chi connectivity index (χ0v) is 11.8. The van der Waals surface area contributed by atoms with Crippen molar-refractivity contribution in [1.29, 1.82) is 0 Å². The number of imidazole rings is 1. The van der Waals surface area contributed by atoms with E-state index in [0.29, 0.717) is 6.04 Å². The van der Waals surface area contributed by atoms with Gasteiger partial charge >= 0.3 is 0 Å². The fraction of sp³-hybridized carbons (Fsp3) is 0.538. The van der Waals surface area contributed by atoms with E-state index in [0.717, 1.165) is 31.8 Å². The highest BCUT2D eigenvalue weighted by Gasteiger charge is 2.15. The third-order valence-corrected chi connectivity index (χ3v) is 3.79. The Morgan fingerprint density at radius 1 is 1.44 bits per heavy atom. The SMILES string of the molecule is CCCn1ccnc1CC(NCC)c1cncs1. The highest BCUT2D eigenvalue weighted by molar-refractivity contribution is 7.09. The Bertz CT molecular complexity index is 449. The van der Waals surface area contributed by atoms with Gasteiger partial charge in [-0.25, -0.2) is 4.98 Å². The fourth-order valence-corrected chi connectivity index (χ4v) is 2.77. The maximum atomic E-state index is 4.47. The molecule has 0 bridgehead atoms. The zero-order valence-electron chi connectivity index (χ0n) is 11.0. The molecule has 0 spiro atoms. The van der Waals surface area contributed by atoms with Gasteiger partial charge in [0, 0.05) is 36.4 Å². The summed E-state index contributed by atoms with van der Waals surface area (Å²) in [6, 6.07) is 0.320. The van der Waals surface area contributed by atoms with Crippen molar-refractivity contribution in [1.82, 2.24) is 19.9 Å². The summed E-state index contributed by atoms with van der Waals surface area (Å²) in [5.74, 6) is 1.15. The molecule has 2 aromatic rings. The monoisotopic (exact) mass is 264 g/mol. The maximum Gasteiger partial charge on any atom is 0.110 e. The Hall–Kier alpha value is -1.20. The van der Waals surface area contributed by atoms with Gasteiger partial charge in [-0.15, -0.1) is 11.3 Å². The van der Waals surface area contributed by atoms with Gasteiger partial charge < -0.3 is 9.88 Å². The summed E-state index contributed by atoms with van der Waals surface area (Å²) in [5, 5.41) is 3.51. The Morgan fingerprint density at radius 2 is 2.33 bits per heavy atom. The standard InChI is InChI=1S/C13H20N4S/c1-3-6-17-7-5-16-13(17)8-11(15-4-2)12-9-14-10-18-12/h5,7,9-11,15H,3-4,6,8H2,1-2H3. The first-order valence-electron chi connectivity index (χ1n) is 6.46. The van der Waals surface area contributed by atoms with Crippen LogP contribution in [-0.2, 0) is 13.0 Å². The van der Waals surface area contributed by atoms with Crippen LogP contribution in [0.3, 0.4) is 0 Å². The molecule has 2 rings (SSSR count). The Morgan fingerprint density at radius 3 is 3.00 bits per heavy atom. The molecule has 0 saturated carbocycles. The fourth-order valence-electron chi connectivity index (χ4n) is 2.07. The molecule has 1 unspecified atom stereocenters. The van der Waals surface area contributed by atoms with Gasteiger partial charge in [-0.1, -0.05) is 13.8 Å². The summed E-state index contributed by atoms with van der Waals surface area (Å²) >= 11 is 1.70. The molecule has 4 nitrogen and oxygen atoms in total. The van der Waals surface area contributed by atoms with Crippen molar-refractivity contribution in [2.75, 3.05) is 6.54 Å². The molecule has 0 fully saturated rings. The van der Waals surface area contributed by atoms with Crippen LogP contribution in [0.15, 0.2) is 24.1 Å². The van der Waals surface area contributed by atoms with E-state index in [1.807, 2.05) is 17.9 Å². The first-order valence-corrected chi connectivity index (χ1v) is 7.34. The van der Waals surface area contributed by atoms with Crippen molar-refractivity contribution >= 4 is 11.3 Å². The summed E-state index contributed by atoms with van der Waals surface area (Å²) in [6.07, 6.45) is 7.96. The lowest BCUT2D eigenvalue weighted by atomic mass is 10.1. The van der Waals surface area contributed by atoms with Crippen LogP contribution in [-0.4, -0.2) is 21.1 Å². The van der Waals surface area contributed by atoms with Crippen molar-refractivity contribution in [2.24, 2.45) is 0 Å². The lowest BCUT2D eigenvalue weighted by Crippen LogP contribution is -2.23. The number of likely N-dealkylation sites (N-methyl/N-ethyl adjacent to an activating group) is 1. The van der Waals surface area contributed by atoms with Crippen LogP contribution in [0, 0.1) is 0 Å². The molecule has 0 aliphatic rings. The average Bonchev–Trinajstić information content (AvgIpc) is 3.01. The molecule has 98 valence electrons. The largest absolute Gasteiger partial charge is 0.335 e. The molecule has 0 aliphatic heterocycles. The van der Waals surface area contributed by atoms with Crippen LogP contribution in [0.2, 0.25) is 0 Å². The Balaban J connectivity index is 2.11. The number of aromatic nitrogens is 3. The topological polar surface area (TPSA) is 42.7 Å². The van der Waals surface area contributed by atoms with Crippen LogP contribution >= 0.6 is 11.3 Å². The summed E-state index contributed by atoms with van der Waals surface area (Å²) in [6.45, 7) is 6.31. The maximum absolute atomic E-state index is 4.47. The molecule has 18 heavy (non-hydrogen) atoms. The van der Waals surface area contributed by atoms with E-state index in [1.165, 1.54) is 4.88 Å². The summed E-state index contributed by atoms with van der Waals surface area (Å²) < 4.78 is 2.24. The molecule has 5 heteroatoms. The predicted molar refractivity (Wildman–Crippen MR) is 74.8 cm³/mol. The first kappa shape index (κ1) is 13.2. The van der Waals surface area contributed by atoms with E-state index < -0.39 is 0 Å². The van der Waals surface area contributed by atoms with Gasteiger partial charge in [-0.3, -0.25) is 4.98 Å². The Labute approximate surface area is 112 Å². The lowest BCUT2D eigenvalue weighted by Gasteiger charge is -2.16. The minimum Gasteiger partial charge on any atom is -0.335 e. The Kier molecular flexibility index (Phi) is 4.90. The molecule has 2 heterocycles. The minimum absolute atomic E-state index is 0.320. The van der Waals surface area contributed by atoms with E-state index in [-0.39, 0.29) is 0 Å². The van der Waals surface area contributed by atoms with Crippen LogP contribution in [0.25, 0.3) is 0 Å². The second kappa shape index (κ2) is 6.66. The van der Waals surface area contributed by atoms with Crippen LogP contribution in [0.5, 0.6) is 0 Å². The van der Waals surface area contributed by atoms with Crippen molar-refractivity contribution < 1.29 is 0 Å². The van der Waals surface area contributed by atoms with E-state index in [4.69, 9.17) is 0 Å². The van der Waals surface area contributed by atoms with Crippen molar-refractivity contribution in [2.45, 2.75) is 39.3 Å². The second-order valence-corrected chi connectivity index (χ2v) is 5.17. The van der Waals surface area contributed by atoms with Crippen LogP contribution < -0.4 is 5.32 Å². The van der Waals surface area contributed by atoms with E-state index >= 15 is 0 Å². The van der Waals surface area contributed by atoms with Gasteiger partial charge in [0.1, 0.15) is 5.82 Å². The van der Waals surface area contributed by atoms with E-state index in [9.17, 15) is 0 Å². The summed E-state index contributed by atoms with van der Waals surface area (Å²) in [7, 11) is 0. The third-order valence-electron chi connectivity index (χ3n) is 2.90. The van der Waals surface area contributed by atoms with Gasteiger partial charge in [0.05, 0.1) is 11.6 Å². The average molecular weight is 264 g/mol. The highest BCUT2D eigenvalue weighted by atomic mass is 32.1. The third kappa shape index (κ3) is 3.17. The number of thiazole rings is 1. The van der Waals surface area contributed by atoms with Gasteiger partial charge in [0.15, 0.2) is 0 Å².